The Morgan fingerprint density at radius 2 is 2.04 bits per heavy atom. The number of carbonyl (C=O) groups is 1. The molecule has 2 aliphatic carbocycles. The molecule has 0 aliphatic heterocycles. The number of rotatable bonds is 4. The van der Waals surface area contributed by atoms with E-state index in [9.17, 15) is 13.2 Å². The van der Waals surface area contributed by atoms with Crippen molar-refractivity contribution in [2.75, 3.05) is 11.5 Å². The Bertz CT molecular complexity index is 1000. The van der Waals surface area contributed by atoms with E-state index in [-0.39, 0.29) is 17.1 Å². The minimum absolute atomic E-state index is 0.0152. The molecule has 2 aliphatic rings. The molecule has 2 atom stereocenters. The van der Waals surface area contributed by atoms with Gasteiger partial charge >= 0.3 is 0 Å². The van der Waals surface area contributed by atoms with E-state index in [0.717, 1.165) is 25.0 Å². The van der Waals surface area contributed by atoms with Gasteiger partial charge in [0.1, 0.15) is 17.6 Å². The van der Waals surface area contributed by atoms with Crippen molar-refractivity contribution >= 4 is 32.9 Å². The fourth-order valence-corrected chi connectivity index (χ4v) is 6.02. The monoisotopic (exact) mass is 409 g/mol. The van der Waals surface area contributed by atoms with Gasteiger partial charge in [-0.2, -0.15) is 8.42 Å². The van der Waals surface area contributed by atoms with Crippen LogP contribution in [0.2, 0.25) is 0 Å². The highest BCUT2D eigenvalue weighted by Gasteiger charge is 2.65. The van der Waals surface area contributed by atoms with Crippen LogP contribution in [0, 0.1) is 16.7 Å². The van der Waals surface area contributed by atoms with Crippen molar-refractivity contribution in [1.82, 2.24) is 19.5 Å². The summed E-state index contributed by atoms with van der Waals surface area (Å²) in [6.07, 6.45) is 6.24. The Labute approximate surface area is 164 Å². The fourth-order valence-electron chi connectivity index (χ4n) is 4.72. The van der Waals surface area contributed by atoms with Gasteiger partial charge < -0.3 is 10.3 Å². The smallest absolute Gasteiger partial charge is 0.265 e. The Morgan fingerprint density at radius 3 is 2.57 bits per heavy atom. The molecule has 0 saturated heterocycles. The van der Waals surface area contributed by atoms with Crippen LogP contribution < -0.4 is 5.73 Å². The molecule has 154 valence electrons. The predicted molar refractivity (Wildman–Crippen MR) is 105 cm³/mol. The van der Waals surface area contributed by atoms with E-state index in [4.69, 9.17) is 10.3 Å². The van der Waals surface area contributed by atoms with Crippen molar-refractivity contribution in [2.45, 2.75) is 53.0 Å². The number of hydrogen-bond acceptors (Lipinski definition) is 7. The molecule has 0 spiro atoms. The first-order valence-corrected chi connectivity index (χ1v) is 11.0. The minimum Gasteiger partial charge on any atom is -0.382 e. The van der Waals surface area contributed by atoms with E-state index < -0.39 is 21.3 Å². The van der Waals surface area contributed by atoms with E-state index in [1.165, 1.54) is 6.33 Å². The number of carbonyl (C=O) groups excluding carboxylic acids is 1. The number of aryl methyl sites for hydroxylation is 1. The summed E-state index contributed by atoms with van der Waals surface area (Å²) >= 11 is 0. The molecule has 28 heavy (non-hydrogen) atoms. The van der Waals surface area contributed by atoms with Gasteiger partial charge in [-0.15, -0.1) is 0 Å². The maximum Gasteiger partial charge on any atom is 0.265 e. The summed E-state index contributed by atoms with van der Waals surface area (Å²) in [5.74, 6) is 0.343. The van der Waals surface area contributed by atoms with Gasteiger partial charge in [-0.1, -0.05) is 20.8 Å². The molecular formula is C18H27N5O4S. The lowest BCUT2D eigenvalue weighted by atomic mass is 9.70. The first kappa shape index (κ1) is 20.7. The third-order valence-electron chi connectivity index (χ3n) is 6.46. The summed E-state index contributed by atoms with van der Waals surface area (Å²) in [7, 11) is -4.08. The number of aromatic nitrogens is 4. The van der Waals surface area contributed by atoms with Crippen LogP contribution in [-0.2, 0) is 21.5 Å². The molecule has 2 saturated carbocycles. The molecule has 10 heteroatoms. The Kier molecular flexibility index (Phi) is 5.22. The van der Waals surface area contributed by atoms with Crippen LogP contribution in [0.4, 0.5) is 5.82 Å². The number of ketones is 1. The van der Waals surface area contributed by atoms with E-state index >= 15 is 0 Å². The van der Waals surface area contributed by atoms with Gasteiger partial charge in [0.15, 0.2) is 11.5 Å². The Balaban J connectivity index is 0.000000162. The summed E-state index contributed by atoms with van der Waals surface area (Å²) < 4.78 is 33.0. The third kappa shape index (κ3) is 3.39. The average molecular weight is 410 g/mol. The molecule has 0 aromatic carbocycles. The summed E-state index contributed by atoms with van der Waals surface area (Å²) in [5, 5.41) is 0. The number of nitrogens with two attached hydrogens (primary N) is 1. The summed E-state index contributed by atoms with van der Waals surface area (Å²) in [6, 6.07) is 0. The second-order valence-corrected chi connectivity index (χ2v) is 9.71. The molecule has 9 nitrogen and oxygen atoms in total. The van der Waals surface area contributed by atoms with Crippen LogP contribution in [0.1, 0.15) is 46.5 Å². The number of imidazole rings is 1. The summed E-state index contributed by atoms with van der Waals surface area (Å²) in [6.45, 7) is 6.91. The molecular weight excluding hydrogens is 382 g/mol. The highest BCUT2D eigenvalue weighted by Crippen LogP contribution is 2.64. The van der Waals surface area contributed by atoms with Crippen LogP contribution in [0.5, 0.6) is 0 Å². The van der Waals surface area contributed by atoms with E-state index in [0.29, 0.717) is 24.2 Å². The lowest BCUT2D eigenvalue weighted by molar-refractivity contribution is -0.128. The largest absolute Gasteiger partial charge is 0.382 e. The number of nitrogen functional groups attached to an aromatic ring is 1. The second kappa shape index (κ2) is 7.07. The third-order valence-corrected chi connectivity index (χ3v) is 7.32. The van der Waals surface area contributed by atoms with Gasteiger partial charge in [0.05, 0.1) is 17.5 Å². The highest BCUT2D eigenvalue weighted by molar-refractivity contribution is 7.85. The quantitative estimate of drug-likeness (QED) is 0.731. The first-order chi connectivity index (χ1) is 13.0. The molecule has 1 unspecified atom stereocenters. The van der Waals surface area contributed by atoms with Crippen LogP contribution in [0.3, 0.4) is 0 Å². The van der Waals surface area contributed by atoms with E-state index in [1.807, 2.05) is 18.4 Å². The van der Waals surface area contributed by atoms with Gasteiger partial charge in [-0.3, -0.25) is 9.35 Å². The maximum atomic E-state index is 11.9. The highest BCUT2D eigenvalue weighted by atomic mass is 32.2. The van der Waals surface area contributed by atoms with Crippen molar-refractivity contribution in [3.8, 4) is 0 Å². The zero-order valence-electron chi connectivity index (χ0n) is 16.4. The van der Waals surface area contributed by atoms with Crippen molar-refractivity contribution in [3.05, 3.63) is 12.7 Å². The van der Waals surface area contributed by atoms with Crippen LogP contribution in [0.15, 0.2) is 12.7 Å². The van der Waals surface area contributed by atoms with Crippen molar-refractivity contribution < 1.29 is 17.8 Å². The first-order valence-electron chi connectivity index (χ1n) is 9.41. The lowest BCUT2D eigenvalue weighted by Gasteiger charge is -2.35. The zero-order valence-corrected chi connectivity index (χ0v) is 17.2. The molecule has 2 heterocycles. The fraction of sp³-hybridized carbons (Fsp3) is 0.667. The van der Waals surface area contributed by atoms with Crippen LogP contribution >= 0.6 is 0 Å². The number of fused-ring (bicyclic) bond motifs is 3. The molecule has 0 amide bonds. The Morgan fingerprint density at radius 1 is 1.32 bits per heavy atom. The van der Waals surface area contributed by atoms with Crippen LogP contribution in [-0.4, -0.2) is 44.0 Å². The number of Topliss-reactive ketones (excluding diaryl/α,β-unsaturated/α-hetero) is 1. The standard InChI is InChI=1S/C10H16O4S.C8H11N5/c1-9(2)7-3-4-10(9,8(11)5-7)6-15(12,13)14;1-2-3-13-5-12-6-7(9)10-4-11-8(6)13/h7H,3-6H2,1-2H3,(H,12,13,14);4-5H,2-3H2,1H3,(H2,9,10,11)/t7?,10-;/m0./s1. The molecule has 2 bridgehead atoms. The molecule has 2 aromatic heterocycles. The summed E-state index contributed by atoms with van der Waals surface area (Å²) in [5.41, 5.74) is 6.02. The second-order valence-electron chi connectivity index (χ2n) is 8.26. The normalized spacial score (nSPS) is 25.7. The SMILES string of the molecule is CC1(C)C2CC[C@]1(CS(=O)(=O)O)C(=O)C2.CCCn1cnc2c(N)ncnc21. The number of nitrogens with zero attached hydrogens (tertiary/aromatic N) is 4. The van der Waals surface area contributed by atoms with E-state index in [2.05, 4.69) is 21.9 Å². The topological polar surface area (TPSA) is 141 Å². The minimum atomic E-state index is -4.08. The Hall–Kier alpha value is -2.07. The van der Waals surface area contributed by atoms with Crippen molar-refractivity contribution in [3.63, 3.8) is 0 Å². The average Bonchev–Trinajstić information content (AvgIpc) is 3.15. The molecule has 3 N–H and O–H groups in total. The molecule has 0 radical (unpaired) electrons. The maximum absolute atomic E-state index is 11.9. The number of anilines is 1. The lowest BCUT2D eigenvalue weighted by Crippen LogP contribution is -2.42. The van der Waals surface area contributed by atoms with Gasteiger partial charge in [-0.05, 0) is 30.6 Å². The number of hydrogen-bond donors (Lipinski definition) is 2. The predicted octanol–water partition coefficient (Wildman–Crippen LogP) is 2.09. The van der Waals surface area contributed by atoms with E-state index in [1.54, 1.807) is 6.33 Å². The van der Waals surface area contributed by atoms with Gasteiger partial charge in [0.2, 0.25) is 0 Å². The zero-order chi connectivity index (χ0) is 20.7. The summed E-state index contributed by atoms with van der Waals surface area (Å²) in [4.78, 5) is 24.0. The molecule has 2 aromatic rings. The molecule has 4 rings (SSSR count). The van der Waals surface area contributed by atoms with Gasteiger partial charge in [0.25, 0.3) is 10.1 Å². The van der Waals surface area contributed by atoms with Crippen LogP contribution in [0.25, 0.3) is 11.2 Å². The van der Waals surface area contributed by atoms with Gasteiger partial charge in [-0.25, -0.2) is 15.0 Å². The van der Waals surface area contributed by atoms with Crippen molar-refractivity contribution in [2.24, 2.45) is 16.7 Å². The van der Waals surface area contributed by atoms with Crippen molar-refractivity contribution in [1.29, 1.82) is 0 Å². The molecule has 2 fully saturated rings. The van der Waals surface area contributed by atoms with Gasteiger partial charge in [0, 0.05) is 13.0 Å².